The van der Waals surface area contributed by atoms with Crippen LogP contribution in [0.15, 0.2) is 54.7 Å². The number of aryl methyl sites for hydroxylation is 1. The number of aromatic nitrogens is 4. The van der Waals surface area contributed by atoms with E-state index in [1.54, 1.807) is 25.3 Å². The Kier molecular flexibility index (Phi) is 5.79. The molecule has 0 spiro atoms. The highest BCUT2D eigenvalue weighted by Crippen LogP contribution is 2.36. The molecule has 0 saturated heterocycles. The van der Waals surface area contributed by atoms with Gasteiger partial charge in [-0.2, -0.15) is 13.2 Å². The van der Waals surface area contributed by atoms with Crippen LogP contribution in [0.3, 0.4) is 0 Å². The van der Waals surface area contributed by atoms with Gasteiger partial charge in [-0.15, -0.1) is 5.10 Å². The summed E-state index contributed by atoms with van der Waals surface area (Å²) in [4.78, 5) is 21.2. The topological polar surface area (TPSA) is 72.2 Å². The number of rotatable bonds is 5. The van der Waals surface area contributed by atoms with Gasteiger partial charge in [-0.3, -0.25) is 9.78 Å². The number of pyridine rings is 1. The molecule has 3 heterocycles. The summed E-state index contributed by atoms with van der Waals surface area (Å²) in [6.45, 7) is 3.67. The van der Waals surface area contributed by atoms with E-state index in [0.717, 1.165) is 15.6 Å². The van der Waals surface area contributed by atoms with Gasteiger partial charge in [-0.1, -0.05) is 41.7 Å². The Labute approximate surface area is 185 Å². The molecule has 32 heavy (non-hydrogen) atoms. The van der Waals surface area contributed by atoms with E-state index in [1.807, 2.05) is 37.3 Å². The minimum Gasteiger partial charge on any atom is -0.344 e. The van der Waals surface area contributed by atoms with Crippen LogP contribution in [0.5, 0.6) is 0 Å². The van der Waals surface area contributed by atoms with Crippen molar-refractivity contribution in [1.82, 2.24) is 24.9 Å². The Balaban J connectivity index is 1.70. The van der Waals surface area contributed by atoms with E-state index in [-0.39, 0.29) is 11.0 Å². The molecule has 6 nitrogen and oxygen atoms in total. The van der Waals surface area contributed by atoms with E-state index in [9.17, 15) is 18.0 Å². The van der Waals surface area contributed by atoms with E-state index < -0.39 is 17.1 Å². The number of halogens is 3. The van der Waals surface area contributed by atoms with Gasteiger partial charge in [0, 0.05) is 17.8 Å². The van der Waals surface area contributed by atoms with Crippen LogP contribution >= 0.6 is 11.3 Å². The molecule has 0 radical (unpaired) electrons. The van der Waals surface area contributed by atoms with Gasteiger partial charge in [0.2, 0.25) is 15.9 Å². The summed E-state index contributed by atoms with van der Waals surface area (Å²) in [5.74, 6) is -0.417. The number of benzene rings is 1. The first kappa shape index (κ1) is 21.7. The zero-order chi connectivity index (χ0) is 22.9. The fraction of sp³-hybridized carbons (Fsp3) is 0.182. The number of hydrogen-bond acceptors (Lipinski definition) is 5. The Morgan fingerprint density at radius 1 is 1.19 bits per heavy atom. The standard InChI is InChI=1S/C22H18F3N5OS/c1-13-7-3-4-8-15(13)19-17(30-21(28-19)32-20(29-30)22(23,24)25)10-11-18(31)27-14(2)16-9-5-6-12-26-16/h3-12,14H,1-2H3,(H,27,31). The summed E-state index contributed by atoms with van der Waals surface area (Å²) >= 11 is 0.455. The van der Waals surface area contributed by atoms with Crippen molar-refractivity contribution in [2.24, 2.45) is 0 Å². The molecule has 0 saturated carbocycles. The van der Waals surface area contributed by atoms with Crippen molar-refractivity contribution in [2.45, 2.75) is 26.1 Å². The quantitative estimate of drug-likeness (QED) is 0.425. The van der Waals surface area contributed by atoms with E-state index in [4.69, 9.17) is 0 Å². The lowest BCUT2D eigenvalue weighted by atomic mass is 10.0. The number of fused-ring (bicyclic) bond motifs is 1. The summed E-state index contributed by atoms with van der Waals surface area (Å²) in [6, 6.07) is 12.4. The van der Waals surface area contributed by atoms with Crippen molar-refractivity contribution >= 4 is 28.3 Å². The van der Waals surface area contributed by atoms with Gasteiger partial charge < -0.3 is 5.32 Å². The van der Waals surface area contributed by atoms with Crippen molar-refractivity contribution in [2.75, 3.05) is 0 Å². The van der Waals surface area contributed by atoms with Crippen LogP contribution in [0.25, 0.3) is 22.3 Å². The molecule has 1 aromatic carbocycles. The SMILES string of the molecule is Cc1ccccc1-c1nc2sc(C(F)(F)F)nn2c1C=CC(=O)NC(C)c1ccccn1. The van der Waals surface area contributed by atoms with Crippen LogP contribution in [-0.4, -0.2) is 25.5 Å². The molecular formula is C22H18F3N5OS. The van der Waals surface area contributed by atoms with Gasteiger partial charge in [0.15, 0.2) is 0 Å². The van der Waals surface area contributed by atoms with Gasteiger partial charge in [0.05, 0.1) is 23.1 Å². The summed E-state index contributed by atoms with van der Waals surface area (Å²) in [5, 5.41) is 5.49. The first-order valence-corrected chi connectivity index (χ1v) is 10.5. The lowest BCUT2D eigenvalue weighted by Gasteiger charge is -2.11. The van der Waals surface area contributed by atoms with Crippen LogP contribution in [0, 0.1) is 6.92 Å². The lowest BCUT2D eigenvalue weighted by molar-refractivity contribution is -0.138. The highest BCUT2D eigenvalue weighted by atomic mass is 32.1. The van der Waals surface area contributed by atoms with E-state index in [0.29, 0.717) is 28.4 Å². The van der Waals surface area contributed by atoms with Crippen LogP contribution in [0.4, 0.5) is 13.2 Å². The molecule has 164 valence electrons. The molecule has 0 aliphatic rings. The predicted molar refractivity (Wildman–Crippen MR) is 116 cm³/mol. The second kappa shape index (κ2) is 8.54. The molecule has 0 bridgehead atoms. The van der Waals surface area contributed by atoms with Crippen molar-refractivity contribution in [3.63, 3.8) is 0 Å². The number of nitrogens with one attached hydrogen (secondary N) is 1. The zero-order valence-electron chi connectivity index (χ0n) is 17.1. The number of hydrogen-bond donors (Lipinski definition) is 1. The molecule has 0 aliphatic heterocycles. The third kappa shape index (κ3) is 4.40. The zero-order valence-corrected chi connectivity index (χ0v) is 17.9. The molecule has 4 aromatic rings. The fourth-order valence-electron chi connectivity index (χ4n) is 3.19. The highest BCUT2D eigenvalue weighted by molar-refractivity contribution is 7.16. The minimum atomic E-state index is -4.58. The van der Waals surface area contributed by atoms with Crippen molar-refractivity contribution in [1.29, 1.82) is 0 Å². The number of nitrogens with zero attached hydrogens (tertiary/aromatic N) is 4. The Morgan fingerprint density at radius 3 is 2.62 bits per heavy atom. The van der Waals surface area contributed by atoms with Gasteiger partial charge in [-0.25, -0.2) is 9.50 Å². The maximum atomic E-state index is 13.2. The summed E-state index contributed by atoms with van der Waals surface area (Å²) in [7, 11) is 0. The molecule has 3 aromatic heterocycles. The van der Waals surface area contributed by atoms with Gasteiger partial charge in [0.1, 0.15) is 0 Å². The fourth-order valence-corrected chi connectivity index (χ4v) is 3.96. The Hall–Kier alpha value is -3.53. The second-order valence-electron chi connectivity index (χ2n) is 7.08. The number of carbonyl (C=O) groups excluding carboxylic acids is 1. The average Bonchev–Trinajstić information content (AvgIpc) is 3.32. The smallest absolute Gasteiger partial charge is 0.344 e. The first-order valence-electron chi connectivity index (χ1n) is 9.66. The van der Waals surface area contributed by atoms with Crippen LogP contribution in [-0.2, 0) is 11.0 Å². The van der Waals surface area contributed by atoms with Gasteiger partial charge in [-0.05, 0) is 37.6 Å². The molecule has 1 unspecified atom stereocenters. The number of alkyl halides is 3. The number of imidazole rings is 1. The maximum Gasteiger partial charge on any atom is 0.445 e. The molecule has 1 N–H and O–H groups in total. The molecule has 0 aliphatic carbocycles. The summed E-state index contributed by atoms with van der Waals surface area (Å²) in [6.07, 6.45) is -0.254. The van der Waals surface area contributed by atoms with E-state index in [2.05, 4.69) is 20.4 Å². The van der Waals surface area contributed by atoms with Crippen molar-refractivity contribution in [3.05, 3.63) is 76.7 Å². The van der Waals surface area contributed by atoms with Crippen LogP contribution < -0.4 is 5.32 Å². The van der Waals surface area contributed by atoms with E-state index >= 15 is 0 Å². The highest BCUT2D eigenvalue weighted by Gasteiger charge is 2.36. The van der Waals surface area contributed by atoms with Crippen LogP contribution in [0.2, 0.25) is 0 Å². The van der Waals surface area contributed by atoms with Crippen LogP contribution in [0.1, 0.15) is 34.9 Å². The number of carbonyl (C=O) groups is 1. The third-order valence-electron chi connectivity index (χ3n) is 4.76. The number of amides is 1. The lowest BCUT2D eigenvalue weighted by Crippen LogP contribution is -2.25. The maximum absolute atomic E-state index is 13.2. The summed E-state index contributed by atoms with van der Waals surface area (Å²) < 4.78 is 40.6. The third-order valence-corrected chi connectivity index (χ3v) is 5.72. The Bertz CT molecular complexity index is 1290. The normalized spacial score (nSPS) is 13.0. The molecule has 10 heteroatoms. The first-order chi connectivity index (χ1) is 15.2. The van der Waals surface area contributed by atoms with E-state index in [1.165, 1.54) is 12.2 Å². The monoisotopic (exact) mass is 457 g/mol. The predicted octanol–water partition coefficient (Wildman–Crippen LogP) is 5.07. The van der Waals surface area contributed by atoms with Gasteiger partial charge in [0.25, 0.3) is 0 Å². The molecule has 1 amide bonds. The minimum absolute atomic E-state index is 0.0949. The molecule has 4 rings (SSSR count). The largest absolute Gasteiger partial charge is 0.445 e. The summed E-state index contributed by atoms with van der Waals surface area (Å²) in [5.41, 5.74) is 3.09. The van der Waals surface area contributed by atoms with Crippen molar-refractivity contribution < 1.29 is 18.0 Å². The Morgan fingerprint density at radius 2 is 1.94 bits per heavy atom. The second-order valence-corrected chi connectivity index (χ2v) is 8.03. The van der Waals surface area contributed by atoms with Crippen molar-refractivity contribution in [3.8, 4) is 11.3 Å². The molecule has 1 atom stereocenters. The molecule has 0 fully saturated rings. The average molecular weight is 457 g/mol. The molecular weight excluding hydrogens is 439 g/mol. The van der Waals surface area contributed by atoms with Gasteiger partial charge >= 0.3 is 6.18 Å².